The van der Waals surface area contributed by atoms with E-state index in [4.69, 9.17) is 13.9 Å². The Morgan fingerprint density at radius 2 is 1.84 bits per heavy atom. The summed E-state index contributed by atoms with van der Waals surface area (Å²) in [5.41, 5.74) is 2.26. The lowest BCUT2D eigenvalue weighted by molar-refractivity contribution is 0.0997. The number of furan rings is 1. The molecule has 1 aliphatic rings. The maximum atomic E-state index is 5.96. The van der Waals surface area contributed by atoms with Gasteiger partial charge in [-0.3, -0.25) is 0 Å². The number of benzene rings is 2. The summed E-state index contributed by atoms with van der Waals surface area (Å²) in [6, 6.07) is 15.5. The predicted molar refractivity (Wildman–Crippen MR) is 94.2 cm³/mol. The van der Waals surface area contributed by atoms with E-state index in [1.54, 1.807) is 6.33 Å². The first kappa shape index (κ1) is 14.1. The van der Waals surface area contributed by atoms with Gasteiger partial charge in [-0.1, -0.05) is 24.3 Å². The van der Waals surface area contributed by atoms with Crippen molar-refractivity contribution >= 4 is 27.9 Å². The van der Waals surface area contributed by atoms with Crippen molar-refractivity contribution in [2.75, 3.05) is 18.5 Å². The molecule has 2 aromatic heterocycles. The number of fused-ring (bicyclic) bond motifs is 4. The second-order valence-electron chi connectivity index (χ2n) is 5.88. The zero-order valence-corrected chi connectivity index (χ0v) is 13.3. The third-order valence-electron chi connectivity index (χ3n) is 4.22. The number of nitrogens with zero attached hydrogens (tertiary/aromatic N) is 2. The molecule has 6 nitrogen and oxygen atoms in total. The Hall–Kier alpha value is -3.28. The molecular formula is C19H15N3O3. The normalized spacial score (nSPS) is 16.2. The monoisotopic (exact) mass is 333 g/mol. The Balaban J connectivity index is 1.40. The van der Waals surface area contributed by atoms with Crippen molar-refractivity contribution in [1.82, 2.24) is 9.97 Å². The van der Waals surface area contributed by atoms with Gasteiger partial charge in [0.15, 0.2) is 22.9 Å². The van der Waals surface area contributed by atoms with Crippen molar-refractivity contribution in [3.63, 3.8) is 0 Å². The molecule has 124 valence electrons. The summed E-state index contributed by atoms with van der Waals surface area (Å²) in [4.78, 5) is 8.67. The summed E-state index contributed by atoms with van der Waals surface area (Å²) in [7, 11) is 0. The Kier molecular flexibility index (Phi) is 3.19. The van der Waals surface area contributed by atoms with Gasteiger partial charge < -0.3 is 19.2 Å². The molecule has 1 aliphatic heterocycles. The van der Waals surface area contributed by atoms with Crippen LogP contribution in [0, 0.1) is 0 Å². The van der Waals surface area contributed by atoms with E-state index in [1.807, 2.05) is 48.5 Å². The number of hydrogen-bond acceptors (Lipinski definition) is 6. The Morgan fingerprint density at radius 1 is 1.00 bits per heavy atom. The van der Waals surface area contributed by atoms with Crippen LogP contribution in [0.25, 0.3) is 22.1 Å². The fraction of sp³-hybridized carbons (Fsp3) is 0.158. The summed E-state index contributed by atoms with van der Waals surface area (Å²) in [6.07, 6.45) is 1.43. The lowest BCUT2D eigenvalue weighted by Crippen LogP contribution is -2.35. The summed E-state index contributed by atoms with van der Waals surface area (Å²) in [5.74, 6) is 2.20. The highest BCUT2D eigenvalue weighted by Crippen LogP contribution is 2.32. The van der Waals surface area contributed by atoms with Crippen LogP contribution in [0.3, 0.4) is 0 Å². The predicted octanol–water partition coefficient (Wildman–Crippen LogP) is 3.63. The highest BCUT2D eigenvalue weighted by atomic mass is 16.6. The van der Waals surface area contributed by atoms with Crippen LogP contribution in [0.4, 0.5) is 5.82 Å². The SMILES string of the molecule is c1ccc2c(c1)OCC(CNc1ncnc3c1oc1ccccc13)O2. The molecule has 1 atom stereocenters. The molecule has 0 bridgehead atoms. The van der Waals surface area contributed by atoms with Gasteiger partial charge in [0.1, 0.15) is 30.1 Å². The molecule has 0 spiro atoms. The first-order chi connectivity index (χ1) is 12.4. The molecule has 0 radical (unpaired) electrons. The lowest BCUT2D eigenvalue weighted by atomic mass is 10.2. The fourth-order valence-electron chi connectivity index (χ4n) is 3.02. The van der Waals surface area contributed by atoms with Gasteiger partial charge in [0.25, 0.3) is 0 Å². The first-order valence-electron chi connectivity index (χ1n) is 8.13. The molecule has 4 aromatic rings. The first-order valence-corrected chi connectivity index (χ1v) is 8.13. The molecule has 2 aromatic carbocycles. The van der Waals surface area contributed by atoms with Gasteiger partial charge in [0.2, 0.25) is 0 Å². The van der Waals surface area contributed by atoms with Crippen molar-refractivity contribution in [2.24, 2.45) is 0 Å². The zero-order valence-electron chi connectivity index (χ0n) is 13.3. The molecule has 3 heterocycles. The largest absolute Gasteiger partial charge is 0.486 e. The van der Waals surface area contributed by atoms with Gasteiger partial charge in [-0.2, -0.15) is 0 Å². The average Bonchev–Trinajstić information content (AvgIpc) is 3.05. The van der Waals surface area contributed by atoms with E-state index in [-0.39, 0.29) is 6.10 Å². The van der Waals surface area contributed by atoms with Gasteiger partial charge in [0.05, 0.1) is 6.54 Å². The van der Waals surface area contributed by atoms with Gasteiger partial charge in [-0.05, 0) is 24.3 Å². The molecule has 0 aliphatic carbocycles. The van der Waals surface area contributed by atoms with Crippen LogP contribution in [-0.4, -0.2) is 29.2 Å². The Labute approximate surface area is 143 Å². The van der Waals surface area contributed by atoms with E-state index in [0.29, 0.717) is 24.6 Å². The Bertz CT molecular complexity index is 1060. The lowest BCUT2D eigenvalue weighted by Gasteiger charge is -2.26. The molecule has 5 rings (SSSR count). The van der Waals surface area contributed by atoms with Crippen molar-refractivity contribution in [3.8, 4) is 11.5 Å². The number of hydrogen-bond donors (Lipinski definition) is 1. The summed E-state index contributed by atoms with van der Waals surface area (Å²) >= 11 is 0. The number of para-hydroxylation sites is 3. The van der Waals surface area contributed by atoms with Crippen LogP contribution in [-0.2, 0) is 0 Å². The van der Waals surface area contributed by atoms with Crippen LogP contribution in [0.5, 0.6) is 11.5 Å². The van der Waals surface area contributed by atoms with Gasteiger partial charge in [0, 0.05) is 5.39 Å². The van der Waals surface area contributed by atoms with Crippen LogP contribution in [0.15, 0.2) is 59.3 Å². The minimum atomic E-state index is -0.107. The zero-order chi connectivity index (χ0) is 16.6. The van der Waals surface area contributed by atoms with Crippen LogP contribution in [0.1, 0.15) is 0 Å². The van der Waals surface area contributed by atoms with Crippen molar-refractivity contribution in [3.05, 3.63) is 54.9 Å². The quantitative estimate of drug-likeness (QED) is 0.617. The van der Waals surface area contributed by atoms with Gasteiger partial charge in [-0.25, -0.2) is 9.97 Å². The van der Waals surface area contributed by atoms with Crippen molar-refractivity contribution in [1.29, 1.82) is 0 Å². The molecular weight excluding hydrogens is 318 g/mol. The number of ether oxygens (including phenoxy) is 2. The van der Waals surface area contributed by atoms with E-state index < -0.39 is 0 Å². The van der Waals surface area contributed by atoms with Crippen molar-refractivity contribution in [2.45, 2.75) is 6.10 Å². The molecule has 1 N–H and O–H groups in total. The molecule has 25 heavy (non-hydrogen) atoms. The number of anilines is 1. The topological polar surface area (TPSA) is 69.4 Å². The maximum Gasteiger partial charge on any atom is 0.196 e. The molecule has 0 fully saturated rings. The van der Waals surface area contributed by atoms with Gasteiger partial charge in [-0.15, -0.1) is 0 Å². The summed E-state index contributed by atoms with van der Waals surface area (Å²) in [5, 5.41) is 4.28. The number of nitrogens with one attached hydrogen (secondary N) is 1. The highest BCUT2D eigenvalue weighted by Gasteiger charge is 2.21. The highest BCUT2D eigenvalue weighted by molar-refractivity contribution is 6.05. The molecule has 6 heteroatoms. The van der Waals surface area contributed by atoms with Crippen LogP contribution >= 0.6 is 0 Å². The molecule has 1 unspecified atom stereocenters. The van der Waals surface area contributed by atoms with E-state index in [1.165, 1.54) is 0 Å². The van der Waals surface area contributed by atoms with E-state index in [0.717, 1.165) is 28.0 Å². The van der Waals surface area contributed by atoms with E-state index >= 15 is 0 Å². The van der Waals surface area contributed by atoms with Crippen LogP contribution in [0.2, 0.25) is 0 Å². The minimum Gasteiger partial charge on any atom is -0.486 e. The second-order valence-corrected chi connectivity index (χ2v) is 5.88. The fourth-order valence-corrected chi connectivity index (χ4v) is 3.02. The average molecular weight is 333 g/mol. The van der Waals surface area contributed by atoms with E-state index in [2.05, 4.69) is 15.3 Å². The van der Waals surface area contributed by atoms with Crippen molar-refractivity contribution < 1.29 is 13.9 Å². The minimum absolute atomic E-state index is 0.107. The third-order valence-corrected chi connectivity index (χ3v) is 4.22. The van der Waals surface area contributed by atoms with E-state index in [9.17, 15) is 0 Å². The molecule has 0 saturated heterocycles. The summed E-state index contributed by atoms with van der Waals surface area (Å²) < 4.78 is 17.6. The molecule has 0 amide bonds. The number of rotatable bonds is 3. The standard InChI is InChI=1S/C19H15N3O3/c1-2-6-14-13(5-1)17-18(25-14)19(22-11-21-17)20-9-12-10-23-15-7-3-4-8-16(15)24-12/h1-8,11-12H,9-10H2,(H,20,21,22). The number of aromatic nitrogens is 2. The van der Waals surface area contributed by atoms with Crippen LogP contribution < -0.4 is 14.8 Å². The summed E-state index contributed by atoms with van der Waals surface area (Å²) in [6.45, 7) is 1.04. The third kappa shape index (κ3) is 2.42. The smallest absolute Gasteiger partial charge is 0.196 e. The maximum absolute atomic E-state index is 5.96. The Morgan fingerprint density at radius 3 is 2.80 bits per heavy atom. The second kappa shape index (κ2) is 5.66. The molecule has 0 saturated carbocycles. The van der Waals surface area contributed by atoms with Gasteiger partial charge >= 0.3 is 0 Å².